The molecule has 1 heterocycles. The van der Waals surface area contributed by atoms with E-state index in [1.165, 1.54) is 31.7 Å². The molecule has 0 atom stereocenters. The lowest BCUT2D eigenvalue weighted by molar-refractivity contribution is 0.153. The Balaban J connectivity index is 1.77. The van der Waals surface area contributed by atoms with Gasteiger partial charge in [-0.3, -0.25) is 0 Å². The Labute approximate surface area is 115 Å². The van der Waals surface area contributed by atoms with Gasteiger partial charge >= 0.3 is 0 Å². The number of halogens is 1. The molecule has 0 radical (unpaired) electrons. The first-order chi connectivity index (χ1) is 8.95. The van der Waals surface area contributed by atoms with E-state index in [0.29, 0.717) is 17.2 Å². The molecule has 1 aromatic rings. The van der Waals surface area contributed by atoms with Crippen LogP contribution < -0.4 is 5.32 Å². The highest BCUT2D eigenvalue weighted by atomic mass is 19.1. The summed E-state index contributed by atoms with van der Waals surface area (Å²) in [4.78, 5) is 3.83. The van der Waals surface area contributed by atoms with Gasteiger partial charge in [0.2, 0.25) is 5.95 Å². The maximum Gasteiger partial charge on any atom is 0.214 e. The number of nitrogens with one attached hydrogen (secondary N) is 1. The number of nitrogens with zero attached hydrogens (tertiary/aromatic N) is 1. The largest absolute Gasteiger partial charge is 0.370 e. The number of aromatic nitrogens is 1. The predicted octanol–water partition coefficient (Wildman–Crippen LogP) is 4.49. The van der Waals surface area contributed by atoms with E-state index in [0.717, 1.165) is 12.5 Å². The van der Waals surface area contributed by atoms with Gasteiger partial charge in [-0.25, -0.2) is 4.98 Å². The van der Waals surface area contributed by atoms with Crippen molar-refractivity contribution in [1.82, 2.24) is 4.98 Å². The smallest absolute Gasteiger partial charge is 0.214 e. The number of pyridine rings is 1. The monoisotopic (exact) mass is 264 g/mol. The quantitative estimate of drug-likeness (QED) is 0.814. The zero-order chi connectivity index (χ0) is 13.9. The van der Waals surface area contributed by atoms with Gasteiger partial charge in [-0.2, -0.15) is 4.39 Å². The van der Waals surface area contributed by atoms with Crippen LogP contribution in [0.15, 0.2) is 18.2 Å². The average Bonchev–Trinajstić information content (AvgIpc) is 2.36. The van der Waals surface area contributed by atoms with E-state index in [2.05, 4.69) is 31.1 Å². The Hall–Kier alpha value is -1.12. The fraction of sp³-hybridized carbons (Fsp3) is 0.688. The van der Waals surface area contributed by atoms with Gasteiger partial charge in [0.1, 0.15) is 5.82 Å². The zero-order valence-corrected chi connectivity index (χ0v) is 12.2. The number of rotatable bonds is 3. The first-order valence-electron chi connectivity index (χ1n) is 7.31. The normalized spacial score (nSPS) is 24.2. The molecule has 0 bridgehead atoms. The van der Waals surface area contributed by atoms with Crippen LogP contribution in [0.2, 0.25) is 0 Å². The van der Waals surface area contributed by atoms with Gasteiger partial charge in [-0.15, -0.1) is 0 Å². The molecule has 0 aromatic carbocycles. The SMILES string of the molecule is CC(C)(C)C1CCC(CNc2cccc(F)n2)CC1. The first kappa shape index (κ1) is 14.3. The van der Waals surface area contributed by atoms with Crippen LogP contribution in [0.4, 0.5) is 10.2 Å². The number of hydrogen-bond donors (Lipinski definition) is 1. The first-order valence-corrected chi connectivity index (χ1v) is 7.31. The van der Waals surface area contributed by atoms with Crippen molar-refractivity contribution in [2.75, 3.05) is 11.9 Å². The Kier molecular flexibility index (Phi) is 4.43. The van der Waals surface area contributed by atoms with Gasteiger partial charge in [0, 0.05) is 6.54 Å². The summed E-state index contributed by atoms with van der Waals surface area (Å²) < 4.78 is 13.0. The molecular formula is C16H25FN2. The number of anilines is 1. The minimum absolute atomic E-state index is 0.415. The van der Waals surface area contributed by atoms with E-state index in [1.54, 1.807) is 6.07 Å². The van der Waals surface area contributed by atoms with Crippen molar-refractivity contribution in [3.8, 4) is 0 Å². The highest BCUT2D eigenvalue weighted by Gasteiger charge is 2.29. The van der Waals surface area contributed by atoms with Crippen molar-refractivity contribution < 1.29 is 4.39 Å². The molecule has 1 N–H and O–H groups in total. The highest BCUT2D eigenvalue weighted by molar-refractivity contribution is 5.33. The van der Waals surface area contributed by atoms with E-state index in [1.807, 2.05) is 6.07 Å². The molecule has 0 saturated heterocycles. The summed E-state index contributed by atoms with van der Waals surface area (Å²) in [6.45, 7) is 7.93. The molecule has 0 amide bonds. The van der Waals surface area contributed by atoms with E-state index in [-0.39, 0.29) is 0 Å². The maximum absolute atomic E-state index is 13.0. The van der Waals surface area contributed by atoms with E-state index in [4.69, 9.17) is 0 Å². The highest BCUT2D eigenvalue weighted by Crippen LogP contribution is 2.39. The average molecular weight is 264 g/mol. The molecular weight excluding hydrogens is 239 g/mol. The van der Waals surface area contributed by atoms with Gasteiger partial charge in [-0.1, -0.05) is 26.8 Å². The number of hydrogen-bond acceptors (Lipinski definition) is 2. The molecule has 1 aromatic heterocycles. The molecule has 0 unspecified atom stereocenters. The second-order valence-electron chi connectivity index (χ2n) is 6.81. The summed E-state index contributed by atoms with van der Waals surface area (Å²) >= 11 is 0. The van der Waals surface area contributed by atoms with Gasteiger partial charge in [0.05, 0.1) is 0 Å². The van der Waals surface area contributed by atoms with Gasteiger partial charge in [0.25, 0.3) is 0 Å². The van der Waals surface area contributed by atoms with Crippen LogP contribution in [0.1, 0.15) is 46.5 Å². The lowest BCUT2D eigenvalue weighted by Gasteiger charge is -2.37. The van der Waals surface area contributed by atoms with Crippen molar-refractivity contribution in [3.63, 3.8) is 0 Å². The fourth-order valence-electron chi connectivity index (χ4n) is 2.99. The second kappa shape index (κ2) is 5.89. The zero-order valence-electron chi connectivity index (χ0n) is 12.2. The lowest BCUT2D eigenvalue weighted by Crippen LogP contribution is -2.28. The fourth-order valence-corrected chi connectivity index (χ4v) is 2.99. The van der Waals surface area contributed by atoms with Crippen LogP contribution in [-0.2, 0) is 0 Å². The Bertz CT molecular complexity index is 403. The van der Waals surface area contributed by atoms with Crippen LogP contribution in [0.3, 0.4) is 0 Å². The topological polar surface area (TPSA) is 24.9 Å². The standard InChI is InChI=1S/C16H25FN2/c1-16(2,3)13-9-7-12(8-10-13)11-18-15-6-4-5-14(17)19-15/h4-6,12-13H,7-11H2,1-3H3,(H,18,19). The second-order valence-corrected chi connectivity index (χ2v) is 6.81. The summed E-state index contributed by atoms with van der Waals surface area (Å²) in [5.41, 5.74) is 0.433. The summed E-state index contributed by atoms with van der Waals surface area (Å²) in [6, 6.07) is 4.89. The third-order valence-electron chi connectivity index (χ3n) is 4.36. The summed E-state index contributed by atoms with van der Waals surface area (Å²) in [5, 5.41) is 3.26. The van der Waals surface area contributed by atoms with Crippen molar-refractivity contribution in [1.29, 1.82) is 0 Å². The Morgan fingerprint density at radius 2 is 1.89 bits per heavy atom. The van der Waals surface area contributed by atoms with E-state index in [9.17, 15) is 4.39 Å². The Morgan fingerprint density at radius 3 is 2.47 bits per heavy atom. The third kappa shape index (κ3) is 4.19. The minimum Gasteiger partial charge on any atom is -0.370 e. The summed E-state index contributed by atoms with van der Waals surface area (Å²) in [5.74, 6) is 1.78. The molecule has 1 saturated carbocycles. The van der Waals surface area contributed by atoms with Gasteiger partial charge in [-0.05, 0) is 55.1 Å². The molecule has 2 nitrogen and oxygen atoms in total. The summed E-state index contributed by atoms with van der Waals surface area (Å²) in [6.07, 6.45) is 5.16. The Morgan fingerprint density at radius 1 is 1.21 bits per heavy atom. The molecule has 0 aliphatic heterocycles. The van der Waals surface area contributed by atoms with E-state index >= 15 is 0 Å². The molecule has 1 fully saturated rings. The molecule has 2 rings (SSSR count). The maximum atomic E-state index is 13.0. The van der Waals surface area contributed by atoms with E-state index < -0.39 is 5.95 Å². The van der Waals surface area contributed by atoms with Crippen LogP contribution >= 0.6 is 0 Å². The van der Waals surface area contributed by atoms with Crippen molar-refractivity contribution >= 4 is 5.82 Å². The lowest BCUT2D eigenvalue weighted by atomic mass is 9.70. The molecule has 0 spiro atoms. The van der Waals surface area contributed by atoms with Gasteiger partial charge in [0.15, 0.2) is 0 Å². The molecule has 19 heavy (non-hydrogen) atoms. The molecule has 3 heteroatoms. The van der Waals surface area contributed by atoms with Crippen LogP contribution in [0.25, 0.3) is 0 Å². The van der Waals surface area contributed by atoms with Crippen LogP contribution in [0, 0.1) is 23.2 Å². The van der Waals surface area contributed by atoms with Crippen molar-refractivity contribution in [2.45, 2.75) is 46.5 Å². The molecule has 106 valence electrons. The third-order valence-corrected chi connectivity index (χ3v) is 4.36. The van der Waals surface area contributed by atoms with Crippen molar-refractivity contribution in [3.05, 3.63) is 24.1 Å². The molecule has 1 aliphatic rings. The van der Waals surface area contributed by atoms with Crippen LogP contribution in [-0.4, -0.2) is 11.5 Å². The van der Waals surface area contributed by atoms with Crippen LogP contribution in [0.5, 0.6) is 0 Å². The molecule has 1 aliphatic carbocycles. The van der Waals surface area contributed by atoms with Gasteiger partial charge < -0.3 is 5.32 Å². The van der Waals surface area contributed by atoms with Crippen molar-refractivity contribution in [2.24, 2.45) is 17.3 Å². The predicted molar refractivity (Wildman–Crippen MR) is 77.6 cm³/mol. The summed E-state index contributed by atoms with van der Waals surface area (Å²) in [7, 11) is 0. The minimum atomic E-state index is -0.415.